The van der Waals surface area contributed by atoms with Gasteiger partial charge in [-0.25, -0.2) is 0 Å². The predicted octanol–water partition coefficient (Wildman–Crippen LogP) is 2.02. The van der Waals surface area contributed by atoms with Crippen molar-refractivity contribution in [3.63, 3.8) is 0 Å². The van der Waals surface area contributed by atoms with Crippen molar-refractivity contribution >= 4 is 5.91 Å². The van der Waals surface area contributed by atoms with E-state index in [0.29, 0.717) is 17.7 Å². The van der Waals surface area contributed by atoms with Crippen molar-refractivity contribution < 1.29 is 4.79 Å². The lowest BCUT2D eigenvalue weighted by Crippen LogP contribution is -2.52. The molecule has 1 amide bonds. The van der Waals surface area contributed by atoms with Gasteiger partial charge < -0.3 is 10.2 Å². The van der Waals surface area contributed by atoms with E-state index in [1.807, 2.05) is 7.05 Å². The molecule has 0 bridgehead atoms. The maximum atomic E-state index is 12.4. The fraction of sp³-hybridized carbons (Fsp3) is 0.929. The number of rotatable bonds is 2. The van der Waals surface area contributed by atoms with Crippen LogP contribution in [0.15, 0.2) is 0 Å². The Morgan fingerprint density at radius 2 is 1.94 bits per heavy atom. The summed E-state index contributed by atoms with van der Waals surface area (Å²) in [6.45, 7) is 6.35. The number of piperidine rings is 1. The van der Waals surface area contributed by atoms with Gasteiger partial charge in [0.25, 0.3) is 0 Å². The molecule has 0 aromatic heterocycles. The molecule has 0 radical (unpaired) electrons. The SMILES string of the molecule is CNC1(C)CCN(C(=O)C2CCCC2C)CC1. The lowest BCUT2D eigenvalue weighted by atomic mass is 9.88. The number of nitrogens with zero attached hydrogens (tertiary/aromatic N) is 1. The van der Waals surface area contributed by atoms with Crippen molar-refractivity contribution in [2.24, 2.45) is 11.8 Å². The van der Waals surface area contributed by atoms with E-state index >= 15 is 0 Å². The summed E-state index contributed by atoms with van der Waals surface area (Å²) in [5, 5.41) is 3.38. The summed E-state index contributed by atoms with van der Waals surface area (Å²) in [6.07, 6.45) is 5.74. The van der Waals surface area contributed by atoms with Gasteiger partial charge in [-0.15, -0.1) is 0 Å². The van der Waals surface area contributed by atoms with Crippen LogP contribution in [0, 0.1) is 11.8 Å². The van der Waals surface area contributed by atoms with Gasteiger partial charge in [0.05, 0.1) is 0 Å². The maximum Gasteiger partial charge on any atom is 0.225 e. The van der Waals surface area contributed by atoms with Crippen molar-refractivity contribution in [2.75, 3.05) is 20.1 Å². The van der Waals surface area contributed by atoms with E-state index < -0.39 is 0 Å². The molecule has 0 aromatic rings. The second-order valence-corrected chi connectivity index (χ2v) is 6.15. The summed E-state index contributed by atoms with van der Waals surface area (Å²) in [5.41, 5.74) is 0.234. The predicted molar refractivity (Wildman–Crippen MR) is 69.8 cm³/mol. The summed E-state index contributed by atoms with van der Waals surface area (Å²) < 4.78 is 0. The number of nitrogens with one attached hydrogen (secondary N) is 1. The van der Waals surface area contributed by atoms with E-state index in [1.54, 1.807) is 0 Å². The van der Waals surface area contributed by atoms with E-state index in [-0.39, 0.29) is 5.54 Å². The molecule has 1 saturated carbocycles. The van der Waals surface area contributed by atoms with Crippen LogP contribution in [0.2, 0.25) is 0 Å². The highest BCUT2D eigenvalue weighted by Gasteiger charge is 2.36. The third-order valence-corrected chi connectivity index (χ3v) is 4.96. The van der Waals surface area contributed by atoms with Crippen LogP contribution >= 0.6 is 0 Å². The van der Waals surface area contributed by atoms with Gasteiger partial charge in [0.15, 0.2) is 0 Å². The maximum absolute atomic E-state index is 12.4. The molecule has 2 rings (SSSR count). The van der Waals surface area contributed by atoms with Gasteiger partial charge >= 0.3 is 0 Å². The molecule has 2 atom stereocenters. The van der Waals surface area contributed by atoms with E-state index in [9.17, 15) is 4.79 Å². The lowest BCUT2D eigenvalue weighted by molar-refractivity contribution is -0.138. The molecule has 1 aliphatic carbocycles. The quantitative estimate of drug-likeness (QED) is 0.798. The Labute approximate surface area is 105 Å². The first-order valence-electron chi connectivity index (χ1n) is 7.03. The van der Waals surface area contributed by atoms with E-state index in [4.69, 9.17) is 0 Å². The van der Waals surface area contributed by atoms with Crippen LogP contribution in [0.3, 0.4) is 0 Å². The molecule has 0 aromatic carbocycles. The first-order chi connectivity index (χ1) is 8.06. The zero-order valence-electron chi connectivity index (χ0n) is 11.5. The van der Waals surface area contributed by atoms with Crippen LogP contribution < -0.4 is 5.32 Å². The summed E-state index contributed by atoms with van der Waals surface area (Å²) in [7, 11) is 2.02. The van der Waals surface area contributed by atoms with Crippen LogP contribution in [-0.2, 0) is 4.79 Å². The Morgan fingerprint density at radius 1 is 1.29 bits per heavy atom. The van der Waals surface area contributed by atoms with Crippen molar-refractivity contribution in [2.45, 2.75) is 51.5 Å². The zero-order chi connectivity index (χ0) is 12.5. The van der Waals surface area contributed by atoms with Crippen molar-refractivity contribution in [1.29, 1.82) is 0 Å². The summed E-state index contributed by atoms with van der Waals surface area (Å²) >= 11 is 0. The lowest BCUT2D eigenvalue weighted by Gasteiger charge is -2.40. The van der Waals surface area contributed by atoms with Gasteiger partial charge in [0.1, 0.15) is 0 Å². The average Bonchev–Trinajstić information content (AvgIpc) is 2.76. The van der Waals surface area contributed by atoms with Gasteiger partial charge in [-0.1, -0.05) is 13.3 Å². The Morgan fingerprint density at radius 3 is 2.41 bits per heavy atom. The number of carbonyl (C=O) groups is 1. The van der Waals surface area contributed by atoms with Gasteiger partial charge in [0.2, 0.25) is 5.91 Å². The van der Waals surface area contributed by atoms with E-state index in [1.165, 1.54) is 12.8 Å². The third-order valence-electron chi connectivity index (χ3n) is 4.96. The smallest absolute Gasteiger partial charge is 0.225 e. The average molecular weight is 238 g/mol. The van der Waals surface area contributed by atoms with Crippen molar-refractivity contribution in [1.82, 2.24) is 10.2 Å². The molecule has 3 heteroatoms. The molecular formula is C14H26N2O. The van der Waals surface area contributed by atoms with Crippen molar-refractivity contribution in [3.05, 3.63) is 0 Å². The van der Waals surface area contributed by atoms with Gasteiger partial charge in [-0.3, -0.25) is 4.79 Å². The van der Waals surface area contributed by atoms with Crippen LogP contribution in [-0.4, -0.2) is 36.5 Å². The number of amides is 1. The Kier molecular flexibility index (Phi) is 3.76. The number of hydrogen-bond acceptors (Lipinski definition) is 2. The Bertz CT molecular complexity index is 282. The molecule has 1 saturated heterocycles. The first-order valence-corrected chi connectivity index (χ1v) is 7.03. The van der Waals surface area contributed by atoms with Gasteiger partial charge in [-0.2, -0.15) is 0 Å². The van der Waals surface area contributed by atoms with Crippen molar-refractivity contribution in [3.8, 4) is 0 Å². The van der Waals surface area contributed by atoms with Crippen LogP contribution in [0.5, 0.6) is 0 Å². The molecule has 2 aliphatic rings. The van der Waals surface area contributed by atoms with Gasteiger partial charge in [0, 0.05) is 24.5 Å². The molecule has 1 N–H and O–H groups in total. The highest BCUT2D eigenvalue weighted by molar-refractivity contribution is 5.79. The molecule has 2 fully saturated rings. The normalized spacial score (nSPS) is 32.8. The number of carbonyl (C=O) groups excluding carboxylic acids is 1. The summed E-state index contributed by atoms with van der Waals surface area (Å²) in [6, 6.07) is 0. The van der Waals surface area contributed by atoms with E-state index in [0.717, 1.165) is 32.4 Å². The van der Waals surface area contributed by atoms with Crippen LogP contribution in [0.25, 0.3) is 0 Å². The van der Waals surface area contributed by atoms with Crippen LogP contribution in [0.1, 0.15) is 46.0 Å². The minimum Gasteiger partial charge on any atom is -0.342 e. The molecule has 2 unspecified atom stereocenters. The molecular weight excluding hydrogens is 212 g/mol. The van der Waals surface area contributed by atoms with Crippen LogP contribution in [0.4, 0.5) is 0 Å². The second kappa shape index (κ2) is 4.97. The van der Waals surface area contributed by atoms with Gasteiger partial charge in [-0.05, 0) is 45.6 Å². The highest BCUT2D eigenvalue weighted by Crippen LogP contribution is 2.33. The second-order valence-electron chi connectivity index (χ2n) is 6.15. The molecule has 3 nitrogen and oxygen atoms in total. The third kappa shape index (κ3) is 2.65. The molecule has 0 spiro atoms. The monoisotopic (exact) mass is 238 g/mol. The first kappa shape index (κ1) is 12.9. The topological polar surface area (TPSA) is 32.3 Å². The van der Waals surface area contributed by atoms with E-state index in [2.05, 4.69) is 24.1 Å². The molecule has 1 aliphatic heterocycles. The minimum absolute atomic E-state index is 0.234. The summed E-state index contributed by atoms with van der Waals surface area (Å²) in [5.74, 6) is 1.34. The zero-order valence-corrected chi connectivity index (χ0v) is 11.5. The fourth-order valence-corrected chi connectivity index (χ4v) is 3.22. The Balaban J connectivity index is 1.90. The molecule has 98 valence electrons. The molecule has 1 heterocycles. The minimum atomic E-state index is 0.234. The molecule has 17 heavy (non-hydrogen) atoms. The number of hydrogen-bond donors (Lipinski definition) is 1. The fourth-order valence-electron chi connectivity index (χ4n) is 3.22. The Hall–Kier alpha value is -0.570. The summed E-state index contributed by atoms with van der Waals surface area (Å²) in [4.78, 5) is 14.5. The highest BCUT2D eigenvalue weighted by atomic mass is 16.2. The number of likely N-dealkylation sites (tertiary alicyclic amines) is 1. The standard InChI is InChI=1S/C14H26N2O/c1-11-5-4-6-12(11)13(17)16-9-7-14(2,15-3)8-10-16/h11-12,15H,4-10H2,1-3H3. The largest absolute Gasteiger partial charge is 0.342 e.